The van der Waals surface area contributed by atoms with E-state index in [1.165, 1.54) is 0 Å². The summed E-state index contributed by atoms with van der Waals surface area (Å²) in [5.74, 6) is 0.922. The summed E-state index contributed by atoms with van der Waals surface area (Å²) in [6.07, 6.45) is 1.47. The van der Waals surface area contributed by atoms with Gasteiger partial charge in [0.25, 0.3) is 5.91 Å². The highest BCUT2D eigenvalue weighted by molar-refractivity contribution is 5.95. The third-order valence-corrected chi connectivity index (χ3v) is 5.52. The zero-order valence-electron chi connectivity index (χ0n) is 15.7. The molecule has 0 aliphatic carbocycles. The molecule has 1 heterocycles. The number of likely N-dealkylation sites (tertiary alicyclic amines) is 1. The molecule has 0 aromatic heterocycles. The second-order valence-corrected chi connectivity index (χ2v) is 7.24. The number of methoxy groups -OCH3 is 1. The van der Waals surface area contributed by atoms with Crippen molar-refractivity contribution in [3.63, 3.8) is 0 Å². The van der Waals surface area contributed by atoms with Crippen LogP contribution in [-0.2, 0) is 0 Å². The molecule has 26 heavy (non-hydrogen) atoms. The summed E-state index contributed by atoms with van der Waals surface area (Å²) in [4.78, 5) is 14.9. The Labute approximate surface area is 155 Å². The molecule has 1 fully saturated rings. The van der Waals surface area contributed by atoms with Crippen molar-refractivity contribution >= 4 is 5.91 Å². The van der Waals surface area contributed by atoms with Gasteiger partial charge in [0.15, 0.2) is 0 Å². The predicted molar refractivity (Wildman–Crippen MR) is 103 cm³/mol. The molecule has 0 spiro atoms. The number of para-hydroxylation sites is 1. The molecule has 2 atom stereocenters. The Balaban J connectivity index is 1.85. The lowest BCUT2D eigenvalue weighted by atomic mass is 9.80. The van der Waals surface area contributed by atoms with Gasteiger partial charge in [-0.25, -0.2) is 0 Å². The van der Waals surface area contributed by atoms with Crippen LogP contribution in [0.4, 0.5) is 0 Å². The highest BCUT2D eigenvalue weighted by atomic mass is 16.5. The number of piperidine rings is 1. The van der Waals surface area contributed by atoms with Crippen LogP contribution >= 0.6 is 0 Å². The minimum Gasteiger partial charge on any atom is -0.496 e. The second kappa shape index (κ2) is 7.50. The molecule has 0 bridgehead atoms. The van der Waals surface area contributed by atoms with Gasteiger partial charge in [0.1, 0.15) is 5.75 Å². The zero-order valence-corrected chi connectivity index (χ0v) is 15.7. The van der Waals surface area contributed by atoms with Crippen molar-refractivity contribution in [1.29, 1.82) is 0 Å². The maximum atomic E-state index is 13.0. The first kappa shape index (κ1) is 18.5. The van der Waals surface area contributed by atoms with E-state index in [9.17, 15) is 9.90 Å². The number of ether oxygens (including phenoxy) is 1. The van der Waals surface area contributed by atoms with Crippen LogP contribution in [0.2, 0.25) is 0 Å². The van der Waals surface area contributed by atoms with E-state index in [0.717, 1.165) is 23.3 Å². The van der Waals surface area contributed by atoms with E-state index in [2.05, 4.69) is 6.92 Å². The predicted octanol–water partition coefficient (Wildman–Crippen LogP) is 3.99. The van der Waals surface area contributed by atoms with Crippen molar-refractivity contribution in [3.05, 3.63) is 54.1 Å². The van der Waals surface area contributed by atoms with Crippen LogP contribution in [0.5, 0.6) is 5.75 Å². The number of hydrogen-bond donors (Lipinski definition) is 1. The highest BCUT2D eigenvalue weighted by Gasteiger charge is 2.38. The first-order chi connectivity index (χ1) is 12.5. The molecule has 1 saturated heterocycles. The summed E-state index contributed by atoms with van der Waals surface area (Å²) in [7, 11) is 1.65. The number of carbonyl (C=O) groups excluding carboxylic acids is 1. The minimum absolute atomic E-state index is 0.0238. The molecule has 2 aromatic carbocycles. The fourth-order valence-electron chi connectivity index (χ4n) is 3.76. The molecule has 1 N–H and O–H groups in total. The Morgan fingerprint density at radius 3 is 2.77 bits per heavy atom. The Bertz CT molecular complexity index is 784. The van der Waals surface area contributed by atoms with Crippen molar-refractivity contribution < 1.29 is 14.6 Å². The number of amides is 1. The Morgan fingerprint density at radius 1 is 1.27 bits per heavy atom. The number of nitrogens with zero attached hydrogens (tertiary/aromatic N) is 1. The Hall–Kier alpha value is -2.33. The van der Waals surface area contributed by atoms with Crippen molar-refractivity contribution in [2.24, 2.45) is 5.92 Å². The Kier molecular flexibility index (Phi) is 5.33. The maximum Gasteiger partial charge on any atom is 0.253 e. The summed E-state index contributed by atoms with van der Waals surface area (Å²) in [6, 6.07) is 15.5. The van der Waals surface area contributed by atoms with Gasteiger partial charge < -0.3 is 14.7 Å². The SMILES string of the molecule is CC[C@@H]1CN(C(=O)c2cccc(-c3ccccc3OC)c2)CC[C@]1(C)O. The summed E-state index contributed by atoms with van der Waals surface area (Å²) in [6.45, 7) is 5.13. The molecule has 3 rings (SSSR count). The summed E-state index contributed by atoms with van der Waals surface area (Å²) >= 11 is 0. The number of benzene rings is 2. The van der Waals surface area contributed by atoms with Crippen LogP contribution in [0.25, 0.3) is 11.1 Å². The van der Waals surface area contributed by atoms with Gasteiger partial charge in [-0.2, -0.15) is 0 Å². The largest absolute Gasteiger partial charge is 0.496 e. The van der Waals surface area contributed by atoms with Crippen molar-refractivity contribution in [2.45, 2.75) is 32.3 Å². The first-order valence-corrected chi connectivity index (χ1v) is 9.21. The quantitative estimate of drug-likeness (QED) is 0.904. The number of hydrogen-bond acceptors (Lipinski definition) is 3. The fourth-order valence-corrected chi connectivity index (χ4v) is 3.76. The average molecular weight is 353 g/mol. The molecule has 1 aliphatic rings. The van der Waals surface area contributed by atoms with Gasteiger partial charge in [0.05, 0.1) is 12.7 Å². The van der Waals surface area contributed by atoms with Crippen LogP contribution in [0.3, 0.4) is 0 Å². The maximum absolute atomic E-state index is 13.0. The molecule has 2 aromatic rings. The normalized spacial score (nSPS) is 22.9. The molecule has 1 amide bonds. The number of aliphatic hydroxyl groups is 1. The minimum atomic E-state index is -0.690. The molecule has 138 valence electrons. The third-order valence-electron chi connectivity index (χ3n) is 5.52. The van der Waals surface area contributed by atoms with Gasteiger partial charge in [-0.05, 0) is 43.5 Å². The lowest BCUT2D eigenvalue weighted by Crippen LogP contribution is -2.51. The molecule has 4 nitrogen and oxygen atoms in total. The molecule has 0 radical (unpaired) electrons. The van der Waals surface area contributed by atoms with Crippen molar-refractivity contribution in [3.8, 4) is 16.9 Å². The van der Waals surface area contributed by atoms with Crippen molar-refractivity contribution in [1.82, 2.24) is 4.90 Å². The van der Waals surface area contributed by atoms with Gasteiger partial charge in [-0.3, -0.25) is 4.79 Å². The standard InChI is InChI=1S/C22H27NO3/c1-4-18-15-23(13-12-22(18,2)25)21(24)17-9-7-8-16(14-17)19-10-5-6-11-20(19)26-3/h5-11,14,18,25H,4,12-13,15H2,1-3H3/t18-,22+/m1/s1. The molecule has 4 heteroatoms. The van der Waals surface area contributed by atoms with Gasteiger partial charge in [0, 0.05) is 30.1 Å². The highest BCUT2D eigenvalue weighted by Crippen LogP contribution is 2.32. The molecule has 1 aliphatic heterocycles. The van der Waals surface area contributed by atoms with Crippen LogP contribution in [0.15, 0.2) is 48.5 Å². The Morgan fingerprint density at radius 2 is 2.04 bits per heavy atom. The zero-order chi connectivity index (χ0) is 18.7. The van der Waals surface area contributed by atoms with E-state index >= 15 is 0 Å². The average Bonchev–Trinajstić information content (AvgIpc) is 2.67. The first-order valence-electron chi connectivity index (χ1n) is 9.21. The van der Waals surface area contributed by atoms with Gasteiger partial charge in [-0.1, -0.05) is 37.3 Å². The van der Waals surface area contributed by atoms with Gasteiger partial charge in [-0.15, -0.1) is 0 Å². The molecular formula is C22H27NO3. The summed E-state index contributed by atoms with van der Waals surface area (Å²) < 4.78 is 5.44. The topological polar surface area (TPSA) is 49.8 Å². The van der Waals surface area contributed by atoms with E-state index in [-0.39, 0.29) is 11.8 Å². The smallest absolute Gasteiger partial charge is 0.253 e. The van der Waals surface area contributed by atoms with E-state index in [1.807, 2.05) is 60.4 Å². The van der Waals surface area contributed by atoms with Crippen LogP contribution < -0.4 is 4.74 Å². The van der Waals surface area contributed by atoms with E-state index in [4.69, 9.17) is 4.74 Å². The van der Waals surface area contributed by atoms with Crippen LogP contribution in [0, 0.1) is 5.92 Å². The van der Waals surface area contributed by atoms with Crippen molar-refractivity contribution in [2.75, 3.05) is 20.2 Å². The van der Waals surface area contributed by atoms with Gasteiger partial charge >= 0.3 is 0 Å². The summed E-state index contributed by atoms with van der Waals surface area (Å²) in [5.41, 5.74) is 1.91. The lowest BCUT2D eigenvalue weighted by molar-refractivity contribution is -0.0521. The van der Waals surface area contributed by atoms with E-state index in [0.29, 0.717) is 25.1 Å². The van der Waals surface area contributed by atoms with E-state index < -0.39 is 5.60 Å². The molecule has 0 saturated carbocycles. The monoisotopic (exact) mass is 353 g/mol. The number of rotatable bonds is 4. The van der Waals surface area contributed by atoms with Crippen LogP contribution in [-0.4, -0.2) is 41.7 Å². The van der Waals surface area contributed by atoms with Gasteiger partial charge in [0.2, 0.25) is 0 Å². The van der Waals surface area contributed by atoms with Crippen LogP contribution in [0.1, 0.15) is 37.0 Å². The molecule has 0 unspecified atom stereocenters. The summed E-state index contributed by atoms with van der Waals surface area (Å²) in [5, 5.41) is 10.5. The molecular weight excluding hydrogens is 326 g/mol. The lowest BCUT2D eigenvalue weighted by Gasteiger charge is -2.42. The number of carbonyl (C=O) groups is 1. The second-order valence-electron chi connectivity index (χ2n) is 7.24. The van der Waals surface area contributed by atoms with E-state index in [1.54, 1.807) is 7.11 Å². The fraction of sp³-hybridized carbons (Fsp3) is 0.409. The third kappa shape index (κ3) is 3.61.